The molecule has 0 atom stereocenters. The Morgan fingerprint density at radius 3 is 2.56 bits per heavy atom. The maximum atomic E-state index is 9.20. The molecule has 1 rings (SSSR count). The number of hydrogen-bond acceptors (Lipinski definition) is 2. The molecule has 0 spiro atoms. The second-order valence-corrected chi connectivity index (χ2v) is 4.63. The van der Waals surface area contributed by atoms with E-state index in [1.54, 1.807) is 0 Å². The number of nitrogens with one attached hydrogen (secondary N) is 2. The van der Waals surface area contributed by atoms with Crippen molar-refractivity contribution in [2.24, 2.45) is 10.4 Å². The minimum absolute atomic E-state index is 0.104. The van der Waals surface area contributed by atoms with Gasteiger partial charge in [0, 0.05) is 18.5 Å². The van der Waals surface area contributed by atoms with Gasteiger partial charge in [-0.2, -0.15) is 0 Å². The van der Waals surface area contributed by atoms with Gasteiger partial charge in [0.1, 0.15) is 0 Å². The molecular weight excluding hydrogens is 202 g/mol. The zero-order valence-corrected chi connectivity index (χ0v) is 10.6. The van der Waals surface area contributed by atoms with Gasteiger partial charge in [0.25, 0.3) is 0 Å². The van der Waals surface area contributed by atoms with E-state index in [1.807, 2.05) is 0 Å². The minimum Gasteiger partial charge on any atom is -0.396 e. The van der Waals surface area contributed by atoms with Crippen molar-refractivity contribution < 1.29 is 5.11 Å². The van der Waals surface area contributed by atoms with Crippen LogP contribution in [0.25, 0.3) is 0 Å². The summed E-state index contributed by atoms with van der Waals surface area (Å²) in [5.41, 5.74) is 0.104. The predicted octanol–water partition coefficient (Wildman–Crippen LogP) is 1.11. The lowest BCUT2D eigenvalue weighted by Gasteiger charge is -2.13. The molecule has 0 bridgehead atoms. The predicted molar refractivity (Wildman–Crippen MR) is 67.6 cm³/mol. The lowest BCUT2D eigenvalue weighted by molar-refractivity contribution is 0.217. The molecule has 0 amide bonds. The average Bonchev–Trinajstić information content (AvgIpc) is 3.07. The standard InChI is InChI=1S/C12H25N3O/c1-3-5-8-14-11(13-4-2)15-9-12(10-16)6-7-12/h16H,3-10H2,1-2H3,(H2,13,14,15). The van der Waals surface area contributed by atoms with Crippen molar-refractivity contribution in [3.8, 4) is 0 Å². The van der Waals surface area contributed by atoms with Gasteiger partial charge in [-0.3, -0.25) is 4.99 Å². The highest BCUT2D eigenvalue weighted by Crippen LogP contribution is 2.45. The van der Waals surface area contributed by atoms with Crippen LogP contribution in [0.2, 0.25) is 0 Å². The van der Waals surface area contributed by atoms with Crippen LogP contribution >= 0.6 is 0 Å². The first kappa shape index (κ1) is 13.3. The normalized spacial score (nSPS) is 18.3. The van der Waals surface area contributed by atoms with Crippen LogP contribution in [0, 0.1) is 5.41 Å². The SMILES string of the molecule is CCCCNC(=NCC1(CO)CC1)NCC. The summed E-state index contributed by atoms with van der Waals surface area (Å²) in [5, 5.41) is 15.7. The maximum absolute atomic E-state index is 9.20. The van der Waals surface area contributed by atoms with Gasteiger partial charge in [0.15, 0.2) is 5.96 Å². The molecule has 0 heterocycles. The number of aliphatic imine (C=N–C) groups is 1. The molecule has 3 N–H and O–H groups in total. The summed E-state index contributed by atoms with van der Waals surface area (Å²) in [6, 6.07) is 0. The monoisotopic (exact) mass is 227 g/mol. The molecule has 4 nitrogen and oxygen atoms in total. The third-order valence-corrected chi connectivity index (χ3v) is 3.03. The number of aliphatic hydroxyl groups is 1. The molecule has 1 aliphatic carbocycles. The first-order chi connectivity index (χ1) is 7.76. The van der Waals surface area contributed by atoms with E-state index >= 15 is 0 Å². The molecule has 1 saturated carbocycles. The van der Waals surface area contributed by atoms with Crippen molar-refractivity contribution in [1.29, 1.82) is 0 Å². The highest BCUT2D eigenvalue weighted by molar-refractivity contribution is 5.79. The summed E-state index contributed by atoms with van der Waals surface area (Å²) in [7, 11) is 0. The van der Waals surface area contributed by atoms with E-state index in [2.05, 4.69) is 29.5 Å². The van der Waals surface area contributed by atoms with E-state index in [9.17, 15) is 5.11 Å². The molecular formula is C12H25N3O. The maximum Gasteiger partial charge on any atom is 0.191 e. The second kappa shape index (κ2) is 6.74. The average molecular weight is 227 g/mol. The van der Waals surface area contributed by atoms with Crippen LogP contribution in [0.4, 0.5) is 0 Å². The van der Waals surface area contributed by atoms with Gasteiger partial charge in [-0.25, -0.2) is 0 Å². The summed E-state index contributed by atoms with van der Waals surface area (Å²) >= 11 is 0. The Bertz CT molecular complexity index is 224. The molecule has 0 aromatic rings. The smallest absolute Gasteiger partial charge is 0.191 e. The Balaban J connectivity index is 2.32. The number of guanidine groups is 1. The Labute approximate surface area is 98.5 Å². The van der Waals surface area contributed by atoms with Gasteiger partial charge >= 0.3 is 0 Å². The van der Waals surface area contributed by atoms with Gasteiger partial charge < -0.3 is 15.7 Å². The van der Waals surface area contributed by atoms with Crippen molar-refractivity contribution in [2.45, 2.75) is 39.5 Å². The highest BCUT2D eigenvalue weighted by atomic mass is 16.3. The Morgan fingerprint density at radius 2 is 2.06 bits per heavy atom. The summed E-state index contributed by atoms with van der Waals surface area (Å²) < 4.78 is 0. The first-order valence-corrected chi connectivity index (χ1v) is 6.39. The Kier molecular flexibility index (Phi) is 5.60. The van der Waals surface area contributed by atoms with Gasteiger partial charge in [-0.05, 0) is 26.2 Å². The summed E-state index contributed by atoms with van der Waals surface area (Å²) in [6.45, 7) is 7.10. The van der Waals surface area contributed by atoms with Crippen molar-refractivity contribution in [2.75, 3.05) is 26.2 Å². The quantitative estimate of drug-likeness (QED) is 0.347. The largest absolute Gasteiger partial charge is 0.396 e. The van der Waals surface area contributed by atoms with Crippen molar-refractivity contribution in [3.63, 3.8) is 0 Å². The molecule has 1 aliphatic rings. The van der Waals surface area contributed by atoms with Crippen LogP contribution in [0.3, 0.4) is 0 Å². The number of nitrogens with zero attached hydrogens (tertiary/aromatic N) is 1. The Morgan fingerprint density at radius 1 is 1.31 bits per heavy atom. The molecule has 0 aromatic carbocycles. The van der Waals surface area contributed by atoms with Crippen LogP contribution in [-0.2, 0) is 0 Å². The third-order valence-electron chi connectivity index (χ3n) is 3.03. The summed E-state index contributed by atoms with van der Waals surface area (Å²) in [4.78, 5) is 4.52. The van der Waals surface area contributed by atoms with Crippen LogP contribution < -0.4 is 10.6 Å². The summed E-state index contributed by atoms with van der Waals surface area (Å²) in [6.07, 6.45) is 4.57. The number of rotatable bonds is 7. The lowest BCUT2D eigenvalue weighted by Crippen LogP contribution is -2.38. The third kappa shape index (κ3) is 4.39. The number of aliphatic hydroxyl groups excluding tert-OH is 1. The zero-order chi connectivity index (χ0) is 11.9. The van der Waals surface area contributed by atoms with E-state index in [0.717, 1.165) is 44.9 Å². The second-order valence-electron chi connectivity index (χ2n) is 4.63. The van der Waals surface area contributed by atoms with Crippen molar-refractivity contribution in [1.82, 2.24) is 10.6 Å². The zero-order valence-electron chi connectivity index (χ0n) is 10.6. The molecule has 16 heavy (non-hydrogen) atoms. The highest BCUT2D eigenvalue weighted by Gasteiger charge is 2.41. The molecule has 1 fully saturated rings. The molecule has 0 aliphatic heterocycles. The molecule has 0 radical (unpaired) electrons. The molecule has 0 unspecified atom stereocenters. The van der Waals surface area contributed by atoms with E-state index in [4.69, 9.17) is 0 Å². The topological polar surface area (TPSA) is 56.7 Å². The van der Waals surface area contributed by atoms with Crippen molar-refractivity contribution in [3.05, 3.63) is 0 Å². The number of unbranched alkanes of at least 4 members (excludes halogenated alkanes) is 1. The Hall–Kier alpha value is -0.770. The van der Waals surface area contributed by atoms with Crippen LogP contribution in [0.5, 0.6) is 0 Å². The van der Waals surface area contributed by atoms with Gasteiger partial charge in [0.05, 0.1) is 13.2 Å². The van der Waals surface area contributed by atoms with Gasteiger partial charge in [0.2, 0.25) is 0 Å². The first-order valence-electron chi connectivity index (χ1n) is 6.39. The van der Waals surface area contributed by atoms with Crippen LogP contribution in [-0.4, -0.2) is 37.3 Å². The molecule has 0 saturated heterocycles. The lowest BCUT2D eigenvalue weighted by atomic mass is 10.1. The van der Waals surface area contributed by atoms with E-state index in [1.165, 1.54) is 6.42 Å². The van der Waals surface area contributed by atoms with E-state index in [0.29, 0.717) is 0 Å². The molecule has 0 aromatic heterocycles. The number of hydrogen-bond donors (Lipinski definition) is 3. The van der Waals surface area contributed by atoms with Gasteiger partial charge in [-0.1, -0.05) is 13.3 Å². The molecule has 4 heteroatoms. The van der Waals surface area contributed by atoms with E-state index in [-0.39, 0.29) is 12.0 Å². The fraction of sp³-hybridized carbons (Fsp3) is 0.917. The van der Waals surface area contributed by atoms with Crippen molar-refractivity contribution >= 4 is 5.96 Å². The molecule has 94 valence electrons. The van der Waals surface area contributed by atoms with Crippen LogP contribution in [0.1, 0.15) is 39.5 Å². The minimum atomic E-state index is 0.104. The van der Waals surface area contributed by atoms with Gasteiger partial charge in [-0.15, -0.1) is 0 Å². The van der Waals surface area contributed by atoms with E-state index < -0.39 is 0 Å². The summed E-state index contributed by atoms with van der Waals surface area (Å²) in [5.74, 6) is 0.885. The fourth-order valence-electron chi connectivity index (χ4n) is 1.52. The van der Waals surface area contributed by atoms with Crippen LogP contribution in [0.15, 0.2) is 4.99 Å². The fourth-order valence-corrected chi connectivity index (χ4v) is 1.52.